The van der Waals surface area contributed by atoms with Gasteiger partial charge >= 0.3 is 5.97 Å². The number of carboxylic acids is 1. The van der Waals surface area contributed by atoms with Crippen LogP contribution in [0.2, 0.25) is 0 Å². The maximum atomic E-state index is 11.1. The quantitative estimate of drug-likeness (QED) is 0.552. The maximum Gasteiger partial charge on any atom is 0.326 e. The van der Waals surface area contributed by atoms with Crippen molar-refractivity contribution in [2.24, 2.45) is 5.73 Å². The molecule has 5 heteroatoms. The molecule has 13 heavy (non-hydrogen) atoms. The van der Waals surface area contributed by atoms with Crippen LogP contribution in [0.25, 0.3) is 0 Å². The van der Waals surface area contributed by atoms with E-state index in [0.29, 0.717) is 12.8 Å². The van der Waals surface area contributed by atoms with Crippen molar-refractivity contribution in [3.63, 3.8) is 0 Å². The Kier molecular flexibility index (Phi) is 5.06. The summed E-state index contributed by atoms with van der Waals surface area (Å²) in [5.41, 5.74) is 5.41. The summed E-state index contributed by atoms with van der Waals surface area (Å²) in [6, 6.07) is -1.45. The third kappa shape index (κ3) is 3.89. The molecular weight excluding hydrogens is 172 g/mol. The second kappa shape index (κ2) is 5.53. The van der Waals surface area contributed by atoms with Crippen molar-refractivity contribution in [1.82, 2.24) is 5.32 Å². The van der Waals surface area contributed by atoms with E-state index in [2.05, 4.69) is 5.32 Å². The predicted octanol–water partition coefficient (Wildman–Crippen LogP) is -0.297. The number of hydrogen-bond acceptors (Lipinski definition) is 3. The Morgan fingerprint density at radius 3 is 2.23 bits per heavy atom. The Bertz CT molecular complexity index is 194. The first-order valence-electron chi connectivity index (χ1n) is 4.31. The number of amides is 1. The summed E-state index contributed by atoms with van der Waals surface area (Å²) in [7, 11) is 0. The fourth-order valence-electron chi connectivity index (χ4n) is 0.803. The summed E-state index contributed by atoms with van der Waals surface area (Å²) >= 11 is 0. The maximum absolute atomic E-state index is 11.1. The van der Waals surface area contributed by atoms with Gasteiger partial charge in [-0.15, -0.1) is 0 Å². The zero-order valence-electron chi connectivity index (χ0n) is 7.91. The van der Waals surface area contributed by atoms with Gasteiger partial charge in [-0.3, -0.25) is 4.79 Å². The minimum atomic E-state index is -1.03. The van der Waals surface area contributed by atoms with E-state index in [0.717, 1.165) is 0 Å². The molecule has 1 amide bonds. The second-order valence-corrected chi connectivity index (χ2v) is 2.82. The number of aliphatic carboxylic acids is 1. The average Bonchev–Trinajstić information content (AvgIpc) is 2.11. The van der Waals surface area contributed by atoms with E-state index in [9.17, 15) is 9.59 Å². The number of nitrogens with one attached hydrogen (secondary N) is 1. The Labute approximate surface area is 77.3 Å². The predicted molar refractivity (Wildman–Crippen MR) is 48.1 cm³/mol. The zero-order valence-corrected chi connectivity index (χ0v) is 7.91. The molecule has 0 rings (SSSR count). The molecule has 0 aliphatic heterocycles. The van der Waals surface area contributed by atoms with Crippen LogP contribution in [0.15, 0.2) is 0 Å². The number of carbonyl (C=O) groups excluding carboxylic acids is 1. The van der Waals surface area contributed by atoms with Crippen molar-refractivity contribution in [3.8, 4) is 0 Å². The number of rotatable bonds is 5. The highest BCUT2D eigenvalue weighted by atomic mass is 16.4. The molecule has 5 nitrogen and oxygen atoms in total. The van der Waals surface area contributed by atoms with Crippen molar-refractivity contribution < 1.29 is 14.7 Å². The molecule has 1 unspecified atom stereocenters. The fraction of sp³-hybridized carbons (Fsp3) is 0.750. The Balaban J connectivity index is 4.09. The van der Waals surface area contributed by atoms with Crippen LogP contribution in [0.5, 0.6) is 0 Å². The first-order chi connectivity index (χ1) is 6.02. The molecule has 0 radical (unpaired) electrons. The lowest BCUT2D eigenvalue weighted by Crippen LogP contribution is -2.47. The number of hydrogen-bond donors (Lipinski definition) is 3. The highest BCUT2D eigenvalue weighted by molar-refractivity contribution is 5.86. The van der Waals surface area contributed by atoms with E-state index in [1.807, 2.05) is 0 Å². The van der Waals surface area contributed by atoms with Crippen LogP contribution in [-0.4, -0.2) is 29.1 Å². The second-order valence-electron chi connectivity index (χ2n) is 2.82. The van der Waals surface area contributed by atoms with E-state index in [1.54, 1.807) is 13.8 Å². The molecule has 0 aliphatic rings. The van der Waals surface area contributed by atoms with Crippen LogP contribution in [0.3, 0.4) is 0 Å². The van der Waals surface area contributed by atoms with Gasteiger partial charge in [0.1, 0.15) is 6.04 Å². The summed E-state index contributed by atoms with van der Waals surface area (Å²) in [6.07, 6.45) is 0.861. The summed E-state index contributed by atoms with van der Waals surface area (Å²) in [5, 5.41) is 11.0. The van der Waals surface area contributed by atoms with Gasteiger partial charge in [0, 0.05) is 0 Å². The average molecular weight is 188 g/mol. The third-order valence-electron chi connectivity index (χ3n) is 1.80. The number of carboxylic acid groups (broad SMARTS) is 1. The van der Waals surface area contributed by atoms with Crippen molar-refractivity contribution in [1.29, 1.82) is 0 Å². The SMILES string of the molecule is CCC(N)C(=O)N[C@H](CC)C(=O)O. The molecule has 0 bridgehead atoms. The fourth-order valence-corrected chi connectivity index (χ4v) is 0.803. The highest BCUT2D eigenvalue weighted by Crippen LogP contribution is 1.93. The minimum Gasteiger partial charge on any atom is -0.480 e. The molecule has 0 saturated carbocycles. The van der Waals surface area contributed by atoms with Crippen LogP contribution in [0.1, 0.15) is 26.7 Å². The van der Waals surface area contributed by atoms with Crippen LogP contribution >= 0.6 is 0 Å². The normalized spacial score (nSPS) is 14.7. The van der Waals surface area contributed by atoms with E-state index in [-0.39, 0.29) is 0 Å². The van der Waals surface area contributed by atoms with Crippen molar-refractivity contribution in [2.75, 3.05) is 0 Å². The Morgan fingerprint density at radius 2 is 1.92 bits per heavy atom. The molecule has 4 N–H and O–H groups in total. The molecule has 76 valence electrons. The smallest absolute Gasteiger partial charge is 0.326 e. The number of carbonyl (C=O) groups is 2. The largest absolute Gasteiger partial charge is 0.480 e. The standard InChI is InChI=1S/C8H16N2O3/c1-3-5(9)7(11)10-6(4-2)8(12)13/h5-6H,3-4,9H2,1-2H3,(H,10,11)(H,12,13)/t5?,6-/m1/s1. The molecule has 2 atom stereocenters. The van der Waals surface area contributed by atoms with Crippen molar-refractivity contribution >= 4 is 11.9 Å². The lowest BCUT2D eigenvalue weighted by atomic mass is 10.2. The highest BCUT2D eigenvalue weighted by Gasteiger charge is 2.20. The Hall–Kier alpha value is -1.10. The lowest BCUT2D eigenvalue weighted by Gasteiger charge is -2.15. The van der Waals surface area contributed by atoms with Crippen LogP contribution < -0.4 is 11.1 Å². The minimum absolute atomic E-state index is 0.359. The zero-order chi connectivity index (χ0) is 10.4. The van der Waals surface area contributed by atoms with E-state index in [1.165, 1.54) is 0 Å². The first-order valence-corrected chi connectivity index (χ1v) is 4.31. The lowest BCUT2D eigenvalue weighted by molar-refractivity contribution is -0.142. The van der Waals surface area contributed by atoms with Gasteiger partial charge in [0.25, 0.3) is 0 Å². The molecule has 0 heterocycles. The summed E-state index contributed by atoms with van der Waals surface area (Å²) < 4.78 is 0. The molecule has 0 fully saturated rings. The van der Waals surface area contributed by atoms with Crippen molar-refractivity contribution in [2.45, 2.75) is 38.8 Å². The summed E-state index contributed by atoms with van der Waals surface area (Å²) in [6.45, 7) is 3.46. The van der Waals surface area contributed by atoms with Gasteiger partial charge in [0.05, 0.1) is 6.04 Å². The molecular formula is C8H16N2O3. The molecule has 0 aromatic carbocycles. The summed E-state index contributed by atoms with van der Waals surface area (Å²) in [4.78, 5) is 21.7. The van der Waals surface area contributed by atoms with Crippen LogP contribution in [-0.2, 0) is 9.59 Å². The van der Waals surface area contributed by atoms with Gasteiger partial charge in [-0.1, -0.05) is 13.8 Å². The molecule has 0 aromatic heterocycles. The molecule has 0 aromatic rings. The van der Waals surface area contributed by atoms with Gasteiger partial charge in [0.2, 0.25) is 5.91 Å². The van der Waals surface area contributed by atoms with Gasteiger partial charge in [-0.2, -0.15) is 0 Å². The molecule has 0 saturated heterocycles. The number of nitrogens with two attached hydrogens (primary N) is 1. The summed E-state index contributed by atoms with van der Waals surface area (Å²) in [5.74, 6) is -1.43. The van der Waals surface area contributed by atoms with Gasteiger partial charge in [0.15, 0.2) is 0 Å². The van der Waals surface area contributed by atoms with Crippen LogP contribution in [0, 0.1) is 0 Å². The monoisotopic (exact) mass is 188 g/mol. The van der Waals surface area contributed by atoms with Gasteiger partial charge in [-0.25, -0.2) is 4.79 Å². The topological polar surface area (TPSA) is 92.4 Å². The van der Waals surface area contributed by atoms with Crippen LogP contribution in [0.4, 0.5) is 0 Å². The first kappa shape index (κ1) is 11.9. The molecule has 0 aliphatic carbocycles. The van der Waals surface area contributed by atoms with E-state index < -0.39 is 24.0 Å². The van der Waals surface area contributed by atoms with E-state index in [4.69, 9.17) is 10.8 Å². The van der Waals surface area contributed by atoms with Crippen molar-refractivity contribution in [3.05, 3.63) is 0 Å². The molecule has 0 spiro atoms. The third-order valence-corrected chi connectivity index (χ3v) is 1.80. The van der Waals surface area contributed by atoms with Gasteiger partial charge < -0.3 is 16.2 Å². The van der Waals surface area contributed by atoms with Gasteiger partial charge in [-0.05, 0) is 12.8 Å². The Morgan fingerprint density at radius 1 is 1.38 bits per heavy atom. The van der Waals surface area contributed by atoms with E-state index >= 15 is 0 Å².